The Morgan fingerprint density at radius 1 is 1.16 bits per heavy atom. The Morgan fingerprint density at radius 3 is 2.48 bits per heavy atom. The number of aromatic nitrogens is 4. The van der Waals surface area contributed by atoms with Crippen LogP contribution in [-0.4, -0.2) is 25.5 Å². The van der Waals surface area contributed by atoms with Crippen LogP contribution in [0.5, 0.6) is 0 Å². The Hall–Kier alpha value is -2.97. The fourth-order valence-corrected chi connectivity index (χ4v) is 2.34. The molecule has 0 saturated heterocycles. The lowest BCUT2D eigenvalue weighted by atomic mass is 10.1. The number of carbonyl (C=O) groups excluding carboxylic acids is 1. The van der Waals surface area contributed by atoms with Crippen LogP contribution in [0.15, 0.2) is 30.3 Å². The van der Waals surface area contributed by atoms with Gasteiger partial charge >= 0.3 is 6.18 Å². The van der Waals surface area contributed by atoms with Gasteiger partial charge in [-0.1, -0.05) is 12.1 Å². The summed E-state index contributed by atoms with van der Waals surface area (Å²) in [6.45, 7) is 3.70. The van der Waals surface area contributed by atoms with Crippen molar-refractivity contribution in [3.8, 4) is 0 Å². The van der Waals surface area contributed by atoms with Crippen LogP contribution in [0.3, 0.4) is 0 Å². The maximum atomic E-state index is 12.5. The smallest absolute Gasteiger partial charge is 0.345 e. The van der Waals surface area contributed by atoms with Crippen molar-refractivity contribution in [2.24, 2.45) is 0 Å². The first-order valence-electron chi connectivity index (χ1n) is 7.39. The first-order valence-corrected chi connectivity index (χ1v) is 7.39. The molecule has 0 spiro atoms. The minimum atomic E-state index is -4.38. The van der Waals surface area contributed by atoms with Gasteiger partial charge in [-0.3, -0.25) is 4.79 Å². The van der Waals surface area contributed by atoms with Gasteiger partial charge in [-0.2, -0.15) is 18.2 Å². The van der Waals surface area contributed by atoms with Gasteiger partial charge < -0.3 is 5.32 Å². The Labute approximate surface area is 140 Å². The van der Waals surface area contributed by atoms with Gasteiger partial charge in [0.15, 0.2) is 0 Å². The Balaban J connectivity index is 1.71. The molecule has 25 heavy (non-hydrogen) atoms. The molecule has 6 nitrogen and oxygen atoms in total. The van der Waals surface area contributed by atoms with E-state index >= 15 is 0 Å². The van der Waals surface area contributed by atoms with Crippen LogP contribution in [0.25, 0.3) is 5.78 Å². The first-order chi connectivity index (χ1) is 11.7. The zero-order valence-corrected chi connectivity index (χ0v) is 13.4. The van der Waals surface area contributed by atoms with Crippen molar-refractivity contribution < 1.29 is 18.0 Å². The molecule has 0 bridgehead atoms. The van der Waals surface area contributed by atoms with Gasteiger partial charge in [0.05, 0.1) is 5.56 Å². The second-order valence-corrected chi connectivity index (χ2v) is 5.56. The lowest BCUT2D eigenvalue weighted by Crippen LogP contribution is -2.24. The van der Waals surface area contributed by atoms with E-state index in [-0.39, 0.29) is 12.4 Å². The number of rotatable bonds is 3. The SMILES string of the molecule is Cc1cc(C)n2nc(C(=O)NCc3ccc(C(F)(F)F)cc3)nc2n1. The summed E-state index contributed by atoms with van der Waals surface area (Å²) in [7, 11) is 0. The average Bonchev–Trinajstić information content (AvgIpc) is 2.96. The third-order valence-electron chi connectivity index (χ3n) is 3.56. The highest BCUT2D eigenvalue weighted by molar-refractivity contribution is 5.90. The Kier molecular flexibility index (Phi) is 4.15. The van der Waals surface area contributed by atoms with Crippen LogP contribution >= 0.6 is 0 Å². The van der Waals surface area contributed by atoms with E-state index in [0.29, 0.717) is 11.3 Å². The van der Waals surface area contributed by atoms with Crippen molar-refractivity contribution in [3.05, 3.63) is 58.7 Å². The van der Waals surface area contributed by atoms with Gasteiger partial charge in [0.2, 0.25) is 5.82 Å². The molecule has 130 valence electrons. The van der Waals surface area contributed by atoms with Crippen molar-refractivity contribution >= 4 is 11.7 Å². The minimum absolute atomic E-state index is 0.0480. The summed E-state index contributed by atoms with van der Waals surface area (Å²) in [6, 6.07) is 6.39. The topological polar surface area (TPSA) is 72.2 Å². The molecule has 0 aliphatic carbocycles. The molecule has 0 radical (unpaired) electrons. The highest BCUT2D eigenvalue weighted by Crippen LogP contribution is 2.29. The van der Waals surface area contributed by atoms with Crippen molar-refractivity contribution in [1.29, 1.82) is 0 Å². The van der Waals surface area contributed by atoms with Gasteiger partial charge in [0, 0.05) is 17.9 Å². The highest BCUT2D eigenvalue weighted by Gasteiger charge is 2.29. The Morgan fingerprint density at radius 2 is 1.84 bits per heavy atom. The number of nitrogens with one attached hydrogen (secondary N) is 1. The van der Waals surface area contributed by atoms with E-state index in [2.05, 4.69) is 20.4 Å². The normalized spacial score (nSPS) is 11.7. The van der Waals surface area contributed by atoms with E-state index in [4.69, 9.17) is 0 Å². The Bertz CT molecular complexity index is 931. The summed E-state index contributed by atoms with van der Waals surface area (Å²) in [4.78, 5) is 20.4. The molecule has 9 heteroatoms. The standard InChI is InChI=1S/C16H14F3N5O/c1-9-7-10(2)24-15(21-9)22-13(23-24)14(25)20-8-11-3-5-12(6-4-11)16(17,18)19/h3-7H,8H2,1-2H3,(H,20,25). The fraction of sp³-hybridized carbons (Fsp3) is 0.250. The van der Waals surface area contributed by atoms with Crippen LogP contribution in [0.4, 0.5) is 13.2 Å². The molecule has 1 amide bonds. The lowest BCUT2D eigenvalue weighted by Gasteiger charge is -2.07. The molecule has 0 unspecified atom stereocenters. The quantitative estimate of drug-likeness (QED) is 0.789. The number of benzene rings is 1. The number of hydrogen-bond acceptors (Lipinski definition) is 4. The molecule has 1 N–H and O–H groups in total. The molecule has 3 rings (SSSR count). The van der Waals surface area contributed by atoms with Gasteiger partial charge in [0.1, 0.15) is 0 Å². The number of alkyl halides is 3. The number of halogens is 3. The maximum Gasteiger partial charge on any atom is 0.416 e. The summed E-state index contributed by atoms with van der Waals surface area (Å²) in [5.41, 5.74) is 1.35. The summed E-state index contributed by atoms with van der Waals surface area (Å²) in [5.74, 6) is -0.257. The van der Waals surface area contributed by atoms with Gasteiger partial charge in [-0.15, -0.1) is 5.10 Å². The van der Waals surface area contributed by atoms with Crippen molar-refractivity contribution in [2.75, 3.05) is 0 Å². The van der Waals surface area contributed by atoms with Crippen molar-refractivity contribution in [3.63, 3.8) is 0 Å². The molecular weight excluding hydrogens is 335 g/mol. The van der Waals surface area contributed by atoms with E-state index in [0.717, 1.165) is 23.5 Å². The highest BCUT2D eigenvalue weighted by atomic mass is 19.4. The van der Waals surface area contributed by atoms with E-state index in [1.807, 2.05) is 19.9 Å². The number of nitrogens with zero attached hydrogens (tertiary/aromatic N) is 4. The third kappa shape index (κ3) is 3.59. The first kappa shape index (κ1) is 16.9. The zero-order chi connectivity index (χ0) is 18.2. The molecule has 0 fully saturated rings. The average molecular weight is 349 g/mol. The summed E-state index contributed by atoms with van der Waals surface area (Å²) in [5, 5.41) is 6.68. The van der Waals surface area contributed by atoms with E-state index < -0.39 is 17.6 Å². The van der Waals surface area contributed by atoms with Crippen molar-refractivity contribution in [1.82, 2.24) is 24.9 Å². The molecular formula is C16H14F3N5O. The molecule has 0 aliphatic heterocycles. The third-order valence-corrected chi connectivity index (χ3v) is 3.56. The summed E-state index contributed by atoms with van der Waals surface area (Å²) >= 11 is 0. The number of amides is 1. The molecule has 2 heterocycles. The van der Waals surface area contributed by atoms with Gasteiger partial charge in [-0.05, 0) is 37.6 Å². The number of carbonyl (C=O) groups is 1. The molecule has 0 atom stereocenters. The zero-order valence-electron chi connectivity index (χ0n) is 13.4. The molecule has 0 saturated carbocycles. The predicted molar refractivity (Wildman–Crippen MR) is 82.9 cm³/mol. The van der Waals surface area contributed by atoms with E-state index in [1.165, 1.54) is 16.6 Å². The predicted octanol–water partition coefficient (Wildman–Crippen LogP) is 2.69. The van der Waals surface area contributed by atoms with Crippen LogP contribution in [0.2, 0.25) is 0 Å². The number of fused-ring (bicyclic) bond motifs is 1. The fourth-order valence-electron chi connectivity index (χ4n) is 2.34. The van der Waals surface area contributed by atoms with Gasteiger partial charge in [-0.25, -0.2) is 9.50 Å². The van der Waals surface area contributed by atoms with Gasteiger partial charge in [0.25, 0.3) is 11.7 Å². The number of hydrogen-bond donors (Lipinski definition) is 1. The second kappa shape index (κ2) is 6.15. The summed E-state index contributed by atoms with van der Waals surface area (Å²) in [6.07, 6.45) is -4.38. The van der Waals surface area contributed by atoms with E-state index in [1.54, 1.807) is 0 Å². The van der Waals surface area contributed by atoms with Crippen LogP contribution < -0.4 is 5.32 Å². The summed E-state index contributed by atoms with van der Waals surface area (Å²) < 4.78 is 39.0. The monoisotopic (exact) mass is 349 g/mol. The second-order valence-electron chi connectivity index (χ2n) is 5.56. The van der Waals surface area contributed by atoms with E-state index in [9.17, 15) is 18.0 Å². The van der Waals surface area contributed by atoms with Crippen LogP contribution in [-0.2, 0) is 12.7 Å². The molecule has 2 aromatic heterocycles. The molecule has 1 aromatic carbocycles. The maximum absolute atomic E-state index is 12.5. The van der Waals surface area contributed by atoms with Crippen LogP contribution in [0.1, 0.15) is 33.1 Å². The molecule has 3 aromatic rings. The largest absolute Gasteiger partial charge is 0.416 e. The molecule has 0 aliphatic rings. The number of aryl methyl sites for hydroxylation is 2. The minimum Gasteiger partial charge on any atom is -0.345 e. The lowest BCUT2D eigenvalue weighted by molar-refractivity contribution is -0.137. The van der Waals surface area contributed by atoms with Crippen molar-refractivity contribution in [2.45, 2.75) is 26.6 Å². The van der Waals surface area contributed by atoms with Crippen LogP contribution in [0, 0.1) is 13.8 Å².